The zero-order valence-corrected chi connectivity index (χ0v) is 26.2. The molecular formula is C34H30F2N6O3S. The summed E-state index contributed by atoms with van der Waals surface area (Å²) in [5.74, 6) is -0.992. The van der Waals surface area contributed by atoms with E-state index in [0.717, 1.165) is 45.6 Å². The van der Waals surface area contributed by atoms with Crippen LogP contribution in [0.4, 0.5) is 8.78 Å². The SMILES string of the molecule is C=CC(=O)N1CCn2nc(-c3nc(-c4ccc5c(c4)nc(C)n5C)c4ccsc4c3-c3c(F)cc(F)cc3OCCO)cc2[C@H]1C. The summed E-state index contributed by atoms with van der Waals surface area (Å²) in [5.41, 5.74) is 5.32. The largest absolute Gasteiger partial charge is 0.490 e. The van der Waals surface area contributed by atoms with Crippen LogP contribution in [0, 0.1) is 18.6 Å². The average molecular weight is 641 g/mol. The lowest BCUT2D eigenvalue weighted by Crippen LogP contribution is -2.40. The monoisotopic (exact) mass is 640 g/mol. The Labute approximate surface area is 267 Å². The number of halogens is 2. The Hall–Kier alpha value is -4.94. The maximum absolute atomic E-state index is 16.0. The first-order valence-electron chi connectivity index (χ1n) is 14.8. The van der Waals surface area contributed by atoms with E-state index in [1.54, 1.807) is 4.90 Å². The molecule has 0 saturated carbocycles. The van der Waals surface area contributed by atoms with Crippen molar-refractivity contribution in [2.45, 2.75) is 26.4 Å². The van der Waals surface area contributed by atoms with Gasteiger partial charge in [0.25, 0.3) is 0 Å². The van der Waals surface area contributed by atoms with Crippen LogP contribution >= 0.6 is 11.3 Å². The summed E-state index contributed by atoms with van der Waals surface area (Å²) in [5, 5.41) is 17.1. The number of imidazole rings is 1. The summed E-state index contributed by atoms with van der Waals surface area (Å²) in [6.45, 7) is 7.91. The van der Waals surface area contributed by atoms with Gasteiger partial charge in [-0.05, 0) is 49.6 Å². The molecule has 9 nitrogen and oxygen atoms in total. The molecule has 0 radical (unpaired) electrons. The standard InChI is InChI=1S/C34H30F2N6O3S/c1-5-29(44)41-9-10-42-27(18(41)2)17-25(39-42)33-31(30-23(36)15-21(35)16-28(30)45-12-11-43)34-22(8-13-46-34)32(38-33)20-6-7-26-24(14-20)37-19(3)40(26)4/h5-8,13-18,43H,1,9-12H2,2-4H3/t18-/m1/s1. The second-order valence-electron chi connectivity index (χ2n) is 11.2. The fourth-order valence-electron chi connectivity index (χ4n) is 6.23. The quantitative estimate of drug-likeness (QED) is 0.202. The third-order valence-corrected chi connectivity index (χ3v) is 9.49. The molecule has 234 valence electrons. The lowest BCUT2D eigenvalue weighted by molar-refractivity contribution is -0.129. The third kappa shape index (κ3) is 4.76. The first-order valence-corrected chi connectivity index (χ1v) is 15.7. The molecule has 12 heteroatoms. The highest BCUT2D eigenvalue weighted by Crippen LogP contribution is 2.47. The third-order valence-electron chi connectivity index (χ3n) is 8.56. The number of rotatable bonds is 7. The number of aryl methyl sites for hydroxylation is 2. The first-order chi connectivity index (χ1) is 22.2. The summed E-state index contributed by atoms with van der Waals surface area (Å²) < 4.78 is 40.8. The molecule has 0 saturated heterocycles. The van der Waals surface area contributed by atoms with Crippen molar-refractivity contribution in [1.82, 2.24) is 29.2 Å². The minimum atomic E-state index is -0.830. The van der Waals surface area contributed by atoms with Crippen LogP contribution in [0.5, 0.6) is 5.75 Å². The van der Waals surface area contributed by atoms with E-state index in [4.69, 9.17) is 19.8 Å². The Bertz CT molecular complexity index is 2190. The molecule has 0 unspecified atom stereocenters. The van der Waals surface area contributed by atoms with Crippen LogP contribution in [-0.4, -0.2) is 60.0 Å². The number of nitrogens with zero attached hydrogens (tertiary/aromatic N) is 6. The van der Waals surface area contributed by atoms with Crippen molar-refractivity contribution in [3.63, 3.8) is 0 Å². The molecule has 1 atom stereocenters. The average Bonchev–Trinajstić information content (AvgIpc) is 3.77. The zero-order chi connectivity index (χ0) is 32.3. The van der Waals surface area contributed by atoms with Crippen molar-refractivity contribution < 1.29 is 23.4 Å². The van der Waals surface area contributed by atoms with Gasteiger partial charge in [0.05, 0.1) is 47.2 Å². The second kappa shape index (κ2) is 11.5. The second-order valence-corrected chi connectivity index (χ2v) is 12.1. The highest BCUT2D eigenvalue weighted by Gasteiger charge is 2.31. The number of aliphatic hydroxyl groups excluding tert-OH is 1. The molecule has 2 aromatic carbocycles. The maximum atomic E-state index is 16.0. The topological polar surface area (TPSA) is 98.3 Å². The summed E-state index contributed by atoms with van der Waals surface area (Å²) in [6, 6.07) is 11.4. The summed E-state index contributed by atoms with van der Waals surface area (Å²) >= 11 is 1.40. The van der Waals surface area contributed by atoms with E-state index in [2.05, 4.69) is 6.58 Å². The predicted octanol–water partition coefficient (Wildman–Crippen LogP) is 6.43. The van der Waals surface area contributed by atoms with Gasteiger partial charge in [-0.3, -0.25) is 9.48 Å². The van der Waals surface area contributed by atoms with E-state index in [0.29, 0.717) is 40.4 Å². The van der Waals surface area contributed by atoms with Crippen molar-refractivity contribution in [3.8, 4) is 39.5 Å². The number of ether oxygens (including phenoxy) is 1. The van der Waals surface area contributed by atoms with Crippen LogP contribution in [0.25, 0.3) is 54.9 Å². The Kier molecular flexibility index (Phi) is 7.41. The number of aromatic nitrogens is 5. The van der Waals surface area contributed by atoms with Crippen molar-refractivity contribution >= 4 is 38.4 Å². The smallest absolute Gasteiger partial charge is 0.246 e. The molecule has 0 fully saturated rings. The minimum absolute atomic E-state index is 0.0228. The van der Waals surface area contributed by atoms with Gasteiger partial charge in [0.2, 0.25) is 5.91 Å². The van der Waals surface area contributed by atoms with Crippen molar-refractivity contribution in [3.05, 3.63) is 83.7 Å². The van der Waals surface area contributed by atoms with Crippen LogP contribution in [0.15, 0.2) is 60.5 Å². The highest BCUT2D eigenvalue weighted by molar-refractivity contribution is 7.18. The van der Waals surface area contributed by atoms with E-state index in [1.165, 1.54) is 17.4 Å². The lowest BCUT2D eigenvalue weighted by Gasteiger charge is -2.33. The van der Waals surface area contributed by atoms with Gasteiger partial charge in [-0.25, -0.2) is 18.7 Å². The molecule has 4 aromatic heterocycles. The van der Waals surface area contributed by atoms with Gasteiger partial charge < -0.3 is 19.3 Å². The number of carbonyl (C=O) groups excluding carboxylic acids is 1. The normalized spacial score (nSPS) is 14.7. The van der Waals surface area contributed by atoms with Crippen molar-refractivity contribution in [2.75, 3.05) is 19.8 Å². The number of aliphatic hydroxyl groups is 1. The molecule has 0 bridgehead atoms. The number of carbonyl (C=O) groups is 1. The van der Waals surface area contributed by atoms with Crippen molar-refractivity contribution in [1.29, 1.82) is 0 Å². The lowest BCUT2D eigenvalue weighted by atomic mass is 9.96. The molecule has 46 heavy (non-hydrogen) atoms. The van der Waals surface area contributed by atoms with Gasteiger partial charge in [0.15, 0.2) is 0 Å². The van der Waals surface area contributed by atoms with E-state index in [9.17, 15) is 14.3 Å². The molecule has 0 spiro atoms. The number of fused-ring (bicyclic) bond motifs is 3. The molecule has 1 aliphatic heterocycles. The molecule has 5 heterocycles. The van der Waals surface area contributed by atoms with Crippen LogP contribution in [-0.2, 0) is 18.4 Å². The van der Waals surface area contributed by atoms with Gasteiger partial charge in [0, 0.05) is 46.9 Å². The van der Waals surface area contributed by atoms with Crippen molar-refractivity contribution in [2.24, 2.45) is 7.05 Å². The van der Waals surface area contributed by atoms with E-state index >= 15 is 4.39 Å². The maximum Gasteiger partial charge on any atom is 0.246 e. The molecule has 1 N–H and O–H groups in total. The van der Waals surface area contributed by atoms with Crippen LogP contribution in [0.3, 0.4) is 0 Å². The fourth-order valence-corrected chi connectivity index (χ4v) is 7.18. The Balaban J connectivity index is 1.52. The first kappa shape index (κ1) is 29.8. The summed E-state index contributed by atoms with van der Waals surface area (Å²) in [4.78, 5) is 24.2. The van der Waals surface area contributed by atoms with Gasteiger partial charge in [-0.2, -0.15) is 5.10 Å². The summed E-state index contributed by atoms with van der Waals surface area (Å²) in [6.07, 6.45) is 1.30. The number of hydrogen-bond donors (Lipinski definition) is 1. The van der Waals surface area contributed by atoms with Gasteiger partial charge in [-0.15, -0.1) is 11.3 Å². The minimum Gasteiger partial charge on any atom is -0.490 e. The number of benzene rings is 2. The highest BCUT2D eigenvalue weighted by atomic mass is 32.1. The predicted molar refractivity (Wildman–Crippen MR) is 174 cm³/mol. The number of amides is 1. The number of hydrogen-bond acceptors (Lipinski definition) is 7. The molecule has 0 aliphatic carbocycles. The van der Waals surface area contributed by atoms with Gasteiger partial charge >= 0.3 is 0 Å². The van der Waals surface area contributed by atoms with Crippen LogP contribution < -0.4 is 4.74 Å². The summed E-state index contributed by atoms with van der Waals surface area (Å²) in [7, 11) is 1.96. The van der Waals surface area contributed by atoms with Gasteiger partial charge in [-0.1, -0.05) is 12.6 Å². The van der Waals surface area contributed by atoms with E-state index in [1.807, 2.05) is 65.9 Å². The fraction of sp³-hybridized carbons (Fsp3) is 0.235. The molecular weight excluding hydrogens is 610 g/mol. The van der Waals surface area contributed by atoms with Gasteiger partial charge in [0.1, 0.15) is 41.2 Å². The van der Waals surface area contributed by atoms with Crippen LogP contribution in [0.1, 0.15) is 24.5 Å². The molecule has 1 aliphatic rings. The molecule has 1 amide bonds. The Morgan fingerprint density at radius 2 is 1.96 bits per heavy atom. The van der Waals surface area contributed by atoms with Crippen LogP contribution in [0.2, 0.25) is 0 Å². The van der Waals surface area contributed by atoms with E-state index < -0.39 is 11.6 Å². The molecule has 6 aromatic rings. The number of pyridine rings is 1. The number of thiophene rings is 1. The Morgan fingerprint density at radius 1 is 1.13 bits per heavy atom. The molecule has 7 rings (SSSR count). The Morgan fingerprint density at radius 3 is 2.74 bits per heavy atom. The van der Waals surface area contributed by atoms with E-state index in [-0.39, 0.29) is 36.5 Å². The zero-order valence-electron chi connectivity index (χ0n) is 25.4.